The number of benzene rings is 1. The van der Waals surface area contributed by atoms with Crippen LogP contribution in [0.2, 0.25) is 0 Å². The van der Waals surface area contributed by atoms with Crippen LogP contribution in [-0.2, 0) is 0 Å². The molecule has 1 aliphatic rings. The van der Waals surface area contributed by atoms with Crippen molar-refractivity contribution in [1.29, 1.82) is 0 Å². The van der Waals surface area contributed by atoms with E-state index in [1.807, 2.05) is 0 Å². The van der Waals surface area contributed by atoms with Crippen LogP contribution in [0, 0.1) is 0 Å². The van der Waals surface area contributed by atoms with Crippen LogP contribution in [0.1, 0.15) is 17.9 Å². The Labute approximate surface area is 79.7 Å². The molecule has 0 N–H and O–H groups in total. The summed E-state index contributed by atoms with van der Waals surface area (Å²) in [5.74, 6) is 0.549. The Morgan fingerprint density at radius 1 is 1.46 bits per heavy atom. The van der Waals surface area contributed by atoms with E-state index in [1.54, 1.807) is 0 Å². The lowest BCUT2D eigenvalue weighted by atomic mass is 9.90. The van der Waals surface area contributed by atoms with Gasteiger partial charge in [0.1, 0.15) is 0 Å². The topological polar surface area (TPSA) is 3.24 Å². The van der Waals surface area contributed by atoms with Gasteiger partial charge >= 0.3 is 0 Å². The van der Waals surface area contributed by atoms with Gasteiger partial charge in [-0.15, -0.1) is 6.58 Å². The predicted molar refractivity (Wildman–Crippen MR) is 57.3 cm³/mol. The third-order valence-corrected chi connectivity index (χ3v) is 2.81. The van der Waals surface area contributed by atoms with Crippen LogP contribution in [-0.4, -0.2) is 13.6 Å². The summed E-state index contributed by atoms with van der Waals surface area (Å²) in [4.78, 5) is 2.31. The van der Waals surface area contributed by atoms with Crippen molar-refractivity contribution >= 4 is 5.69 Å². The van der Waals surface area contributed by atoms with Crippen molar-refractivity contribution in [2.24, 2.45) is 0 Å². The first-order valence-corrected chi connectivity index (χ1v) is 4.75. The summed E-state index contributed by atoms with van der Waals surface area (Å²) in [5.41, 5.74) is 2.78. The number of rotatable bonds is 1. The number of anilines is 1. The van der Waals surface area contributed by atoms with Gasteiger partial charge < -0.3 is 4.90 Å². The molecule has 0 bridgehead atoms. The van der Waals surface area contributed by atoms with Crippen molar-refractivity contribution in [1.82, 2.24) is 0 Å². The van der Waals surface area contributed by atoms with Crippen molar-refractivity contribution in [3.05, 3.63) is 42.5 Å². The van der Waals surface area contributed by atoms with E-state index in [0.29, 0.717) is 5.92 Å². The molecule has 0 fully saturated rings. The molecule has 1 aromatic rings. The lowest BCUT2D eigenvalue weighted by molar-refractivity contribution is 0.682. The average molecular weight is 173 g/mol. The van der Waals surface area contributed by atoms with Gasteiger partial charge in [0.25, 0.3) is 0 Å². The van der Waals surface area contributed by atoms with E-state index in [1.165, 1.54) is 17.7 Å². The molecule has 0 aromatic heterocycles. The number of allylic oxidation sites excluding steroid dienone is 1. The first-order valence-electron chi connectivity index (χ1n) is 4.75. The molecule has 1 unspecified atom stereocenters. The van der Waals surface area contributed by atoms with Gasteiger partial charge in [-0.2, -0.15) is 0 Å². The van der Waals surface area contributed by atoms with Gasteiger partial charge in [0.15, 0.2) is 0 Å². The molecule has 68 valence electrons. The van der Waals surface area contributed by atoms with Gasteiger partial charge in [-0.1, -0.05) is 24.3 Å². The second kappa shape index (κ2) is 3.25. The van der Waals surface area contributed by atoms with Gasteiger partial charge in [-0.05, 0) is 18.1 Å². The summed E-state index contributed by atoms with van der Waals surface area (Å²) in [7, 11) is 2.15. The standard InChI is InChI=1S/C12H15N/c1-3-10-8-9-13(2)12-7-5-4-6-11(10)12/h3-7,10H,1,8-9H2,2H3. The number of nitrogens with zero attached hydrogens (tertiary/aromatic N) is 1. The summed E-state index contributed by atoms with van der Waals surface area (Å²) in [6.07, 6.45) is 3.25. The average Bonchev–Trinajstić information content (AvgIpc) is 2.19. The molecular formula is C12H15N. The first kappa shape index (κ1) is 8.36. The maximum Gasteiger partial charge on any atom is 0.0402 e. The predicted octanol–water partition coefficient (Wildman–Crippen LogP) is 2.80. The fraction of sp³-hybridized carbons (Fsp3) is 0.333. The smallest absolute Gasteiger partial charge is 0.0402 e. The largest absolute Gasteiger partial charge is 0.374 e. The molecule has 1 nitrogen and oxygen atoms in total. The van der Waals surface area contributed by atoms with Crippen molar-refractivity contribution in [2.45, 2.75) is 12.3 Å². The molecule has 0 aliphatic carbocycles. The fourth-order valence-electron chi connectivity index (χ4n) is 2.00. The van der Waals surface area contributed by atoms with Crippen LogP contribution < -0.4 is 4.90 Å². The van der Waals surface area contributed by atoms with E-state index in [-0.39, 0.29) is 0 Å². The molecular weight excluding hydrogens is 158 g/mol. The highest BCUT2D eigenvalue weighted by molar-refractivity contribution is 5.57. The third kappa shape index (κ3) is 1.35. The normalized spacial score (nSPS) is 21.0. The molecule has 0 radical (unpaired) electrons. The molecule has 1 heterocycles. The van der Waals surface area contributed by atoms with E-state index in [9.17, 15) is 0 Å². The highest BCUT2D eigenvalue weighted by Gasteiger charge is 2.19. The van der Waals surface area contributed by atoms with E-state index in [0.717, 1.165) is 6.54 Å². The molecule has 0 spiro atoms. The number of fused-ring (bicyclic) bond motifs is 1. The quantitative estimate of drug-likeness (QED) is 0.590. The minimum atomic E-state index is 0.549. The van der Waals surface area contributed by atoms with E-state index in [2.05, 4.69) is 48.9 Å². The Kier molecular flexibility index (Phi) is 2.09. The van der Waals surface area contributed by atoms with Gasteiger partial charge in [0.2, 0.25) is 0 Å². The summed E-state index contributed by atoms with van der Waals surface area (Å²) in [6, 6.07) is 8.59. The molecule has 0 saturated carbocycles. The van der Waals surface area contributed by atoms with E-state index >= 15 is 0 Å². The van der Waals surface area contributed by atoms with Gasteiger partial charge in [0.05, 0.1) is 0 Å². The van der Waals surface area contributed by atoms with Gasteiger partial charge in [0, 0.05) is 25.2 Å². The SMILES string of the molecule is C=CC1CCN(C)c2ccccc21. The van der Waals surface area contributed by atoms with Gasteiger partial charge in [-0.3, -0.25) is 0 Å². The zero-order valence-electron chi connectivity index (χ0n) is 8.03. The zero-order valence-corrected chi connectivity index (χ0v) is 8.03. The second-order valence-electron chi connectivity index (χ2n) is 3.61. The number of hydrogen-bond acceptors (Lipinski definition) is 1. The Morgan fingerprint density at radius 2 is 2.23 bits per heavy atom. The van der Waals surface area contributed by atoms with Crippen LogP contribution >= 0.6 is 0 Å². The summed E-state index contributed by atoms with van der Waals surface area (Å²) >= 11 is 0. The molecule has 2 rings (SSSR count). The van der Waals surface area contributed by atoms with Crippen molar-refractivity contribution in [2.75, 3.05) is 18.5 Å². The maximum absolute atomic E-state index is 3.89. The first-order chi connectivity index (χ1) is 6.33. The number of para-hydroxylation sites is 1. The maximum atomic E-state index is 3.89. The molecule has 1 aromatic carbocycles. The lowest BCUT2D eigenvalue weighted by Crippen LogP contribution is -2.26. The lowest BCUT2D eigenvalue weighted by Gasteiger charge is -2.31. The van der Waals surface area contributed by atoms with Crippen LogP contribution in [0.3, 0.4) is 0 Å². The Balaban J connectivity index is 2.47. The minimum absolute atomic E-state index is 0.549. The van der Waals surface area contributed by atoms with E-state index < -0.39 is 0 Å². The third-order valence-electron chi connectivity index (χ3n) is 2.81. The molecule has 1 aliphatic heterocycles. The summed E-state index contributed by atoms with van der Waals surface area (Å²) in [5, 5.41) is 0. The van der Waals surface area contributed by atoms with Crippen LogP contribution in [0.25, 0.3) is 0 Å². The summed E-state index contributed by atoms with van der Waals surface area (Å²) < 4.78 is 0. The van der Waals surface area contributed by atoms with E-state index in [4.69, 9.17) is 0 Å². The highest BCUT2D eigenvalue weighted by atomic mass is 15.1. The van der Waals surface area contributed by atoms with Crippen molar-refractivity contribution in [3.63, 3.8) is 0 Å². The second-order valence-corrected chi connectivity index (χ2v) is 3.61. The molecule has 0 saturated heterocycles. The van der Waals surface area contributed by atoms with Gasteiger partial charge in [-0.25, -0.2) is 0 Å². The zero-order chi connectivity index (χ0) is 9.26. The Hall–Kier alpha value is -1.24. The fourth-order valence-corrected chi connectivity index (χ4v) is 2.00. The van der Waals surface area contributed by atoms with Crippen LogP contribution in [0.5, 0.6) is 0 Å². The monoisotopic (exact) mass is 173 g/mol. The highest BCUT2D eigenvalue weighted by Crippen LogP contribution is 2.34. The van der Waals surface area contributed by atoms with Crippen molar-refractivity contribution in [3.8, 4) is 0 Å². The Bertz CT molecular complexity index is 317. The number of hydrogen-bond donors (Lipinski definition) is 0. The Morgan fingerprint density at radius 3 is 3.00 bits per heavy atom. The van der Waals surface area contributed by atoms with Crippen LogP contribution in [0.15, 0.2) is 36.9 Å². The molecule has 1 heteroatoms. The summed E-state index contributed by atoms with van der Waals surface area (Å²) in [6.45, 7) is 5.02. The molecule has 13 heavy (non-hydrogen) atoms. The minimum Gasteiger partial charge on any atom is -0.374 e. The molecule has 0 amide bonds. The van der Waals surface area contributed by atoms with Crippen molar-refractivity contribution < 1.29 is 0 Å². The molecule has 1 atom stereocenters. The van der Waals surface area contributed by atoms with Crippen LogP contribution in [0.4, 0.5) is 5.69 Å².